The first-order chi connectivity index (χ1) is 12.3. The van der Waals surface area contributed by atoms with Gasteiger partial charge in [0.1, 0.15) is 17.3 Å². The lowest BCUT2D eigenvalue weighted by Crippen LogP contribution is -2.22. The number of aromatic nitrogens is 2. The van der Waals surface area contributed by atoms with Crippen molar-refractivity contribution in [1.82, 2.24) is 9.97 Å². The van der Waals surface area contributed by atoms with E-state index < -0.39 is 0 Å². The van der Waals surface area contributed by atoms with Gasteiger partial charge in [0, 0.05) is 36.8 Å². The number of ether oxygens (including phenoxy) is 2. The average molecular weight is 335 g/mol. The van der Waals surface area contributed by atoms with Gasteiger partial charge in [0.25, 0.3) is 0 Å². The fourth-order valence-corrected chi connectivity index (χ4v) is 3.22. The Morgan fingerprint density at radius 1 is 1.08 bits per heavy atom. The molecule has 0 aliphatic carbocycles. The first-order valence-corrected chi connectivity index (χ1v) is 8.54. The summed E-state index contributed by atoms with van der Waals surface area (Å²) in [7, 11) is 1.68. The van der Waals surface area contributed by atoms with Gasteiger partial charge in [-0.15, -0.1) is 0 Å². The molecule has 5 heteroatoms. The molecule has 0 radical (unpaired) electrons. The van der Waals surface area contributed by atoms with E-state index >= 15 is 0 Å². The van der Waals surface area contributed by atoms with Crippen molar-refractivity contribution < 1.29 is 9.47 Å². The summed E-state index contributed by atoms with van der Waals surface area (Å²) in [5, 5.41) is 1.10. The maximum absolute atomic E-state index is 5.87. The molecule has 3 heterocycles. The monoisotopic (exact) mass is 335 g/mol. The van der Waals surface area contributed by atoms with Gasteiger partial charge in [-0.1, -0.05) is 0 Å². The Bertz CT molecular complexity index is 854. The van der Waals surface area contributed by atoms with Crippen molar-refractivity contribution in [1.29, 1.82) is 0 Å². The molecule has 1 unspecified atom stereocenters. The summed E-state index contributed by atoms with van der Waals surface area (Å²) < 4.78 is 11.1. The number of pyridine rings is 2. The lowest BCUT2D eigenvalue weighted by atomic mass is 10.1. The molecule has 3 aromatic rings. The largest absolute Gasteiger partial charge is 0.497 e. The third kappa shape index (κ3) is 3.50. The molecule has 0 N–H and O–H groups in total. The molecule has 0 bridgehead atoms. The molecule has 128 valence electrons. The number of methoxy groups -OCH3 is 1. The van der Waals surface area contributed by atoms with E-state index in [1.807, 2.05) is 30.3 Å². The highest BCUT2D eigenvalue weighted by Gasteiger charge is 2.24. The van der Waals surface area contributed by atoms with Gasteiger partial charge in [-0.2, -0.15) is 0 Å². The zero-order valence-corrected chi connectivity index (χ0v) is 14.3. The molecule has 25 heavy (non-hydrogen) atoms. The number of benzene rings is 1. The number of hydrogen-bond donors (Lipinski definition) is 0. The lowest BCUT2D eigenvalue weighted by molar-refractivity contribution is 0.261. The van der Waals surface area contributed by atoms with Crippen LogP contribution in [0.15, 0.2) is 54.9 Å². The van der Waals surface area contributed by atoms with Crippen LogP contribution in [0.25, 0.3) is 10.9 Å². The smallest absolute Gasteiger partial charge is 0.129 e. The molecule has 1 atom stereocenters. The first-order valence-electron chi connectivity index (χ1n) is 8.54. The summed E-state index contributed by atoms with van der Waals surface area (Å²) in [4.78, 5) is 11.2. The number of nitrogens with zero attached hydrogens (tertiary/aromatic N) is 3. The summed E-state index contributed by atoms with van der Waals surface area (Å²) in [5.74, 6) is 3.29. The molecule has 1 aliphatic rings. The van der Waals surface area contributed by atoms with Gasteiger partial charge < -0.3 is 14.4 Å². The Balaban J connectivity index is 1.41. The second-order valence-corrected chi connectivity index (χ2v) is 6.32. The standard InChI is InChI=1S/C20H21N3O2/c1-24-18-3-4-19-16(12-18)2-5-20(22-19)23-11-8-15(13-23)14-25-17-6-9-21-10-7-17/h2-7,9-10,12,15H,8,11,13-14H2,1H3. The first kappa shape index (κ1) is 15.7. The molecular weight excluding hydrogens is 314 g/mol. The molecule has 0 spiro atoms. The van der Waals surface area contributed by atoms with Crippen LogP contribution in [0, 0.1) is 5.92 Å². The summed E-state index contributed by atoms with van der Waals surface area (Å²) in [5.41, 5.74) is 0.995. The van der Waals surface area contributed by atoms with E-state index in [0.29, 0.717) is 5.92 Å². The van der Waals surface area contributed by atoms with Crippen LogP contribution in [0.4, 0.5) is 5.82 Å². The van der Waals surface area contributed by atoms with Crippen LogP contribution < -0.4 is 14.4 Å². The van der Waals surface area contributed by atoms with Crippen molar-refractivity contribution in [2.75, 3.05) is 31.7 Å². The van der Waals surface area contributed by atoms with E-state index in [4.69, 9.17) is 14.5 Å². The molecule has 1 aromatic carbocycles. The van der Waals surface area contributed by atoms with Gasteiger partial charge in [-0.3, -0.25) is 4.98 Å². The molecule has 4 rings (SSSR count). The SMILES string of the molecule is COc1ccc2nc(N3CCC(COc4ccncc4)C3)ccc2c1. The summed E-state index contributed by atoms with van der Waals surface area (Å²) in [6.45, 7) is 2.71. The lowest BCUT2D eigenvalue weighted by Gasteiger charge is -2.18. The summed E-state index contributed by atoms with van der Waals surface area (Å²) >= 11 is 0. The predicted molar refractivity (Wildman–Crippen MR) is 98.3 cm³/mol. The molecule has 1 saturated heterocycles. The number of anilines is 1. The summed E-state index contributed by atoms with van der Waals surface area (Å²) in [6.07, 6.45) is 4.63. The Kier molecular flexibility index (Phi) is 4.37. The zero-order chi connectivity index (χ0) is 17.1. The van der Waals surface area contributed by atoms with E-state index in [2.05, 4.69) is 22.0 Å². The molecule has 1 aliphatic heterocycles. The number of hydrogen-bond acceptors (Lipinski definition) is 5. The van der Waals surface area contributed by atoms with Crippen molar-refractivity contribution in [3.8, 4) is 11.5 Å². The normalized spacial score (nSPS) is 17.0. The maximum Gasteiger partial charge on any atom is 0.129 e. The second-order valence-electron chi connectivity index (χ2n) is 6.32. The highest BCUT2D eigenvalue weighted by molar-refractivity contribution is 5.81. The topological polar surface area (TPSA) is 47.5 Å². The van der Waals surface area contributed by atoms with Gasteiger partial charge in [-0.25, -0.2) is 4.98 Å². The van der Waals surface area contributed by atoms with Crippen molar-refractivity contribution in [3.63, 3.8) is 0 Å². The summed E-state index contributed by atoms with van der Waals surface area (Å²) in [6, 6.07) is 14.0. The van der Waals surface area contributed by atoms with E-state index in [1.54, 1.807) is 19.5 Å². The minimum atomic E-state index is 0.515. The van der Waals surface area contributed by atoms with Crippen molar-refractivity contribution in [3.05, 3.63) is 54.9 Å². The van der Waals surface area contributed by atoms with Crippen LogP contribution >= 0.6 is 0 Å². The fraction of sp³-hybridized carbons (Fsp3) is 0.300. The molecule has 2 aromatic heterocycles. The van der Waals surface area contributed by atoms with Crippen molar-refractivity contribution in [2.45, 2.75) is 6.42 Å². The Morgan fingerprint density at radius 2 is 1.96 bits per heavy atom. The Hall–Kier alpha value is -2.82. The second kappa shape index (κ2) is 6.97. The minimum absolute atomic E-state index is 0.515. The van der Waals surface area contributed by atoms with Crippen LogP contribution in [-0.2, 0) is 0 Å². The Labute approximate surface area is 147 Å². The van der Waals surface area contributed by atoms with Gasteiger partial charge in [0.2, 0.25) is 0 Å². The molecular formula is C20H21N3O2. The number of rotatable bonds is 5. The molecule has 1 fully saturated rings. The fourth-order valence-electron chi connectivity index (χ4n) is 3.22. The quantitative estimate of drug-likeness (QED) is 0.714. The highest BCUT2D eigenvalue weighted by Crippen LogP contribution is 2.26. The number of fused-ring (bicyclic) bond motifs is 1. The minimum Gasteiger partial charge on any atom is -0.497 e. The van der Waals surface area contributed by atoms with E-state index in [1.165, 1.54) is 0 Å². The molecule has 0 saturated carbocycles. The van der Waals surface area contributed by atoms with Crippen LogP contribution in [0.5, 0.6) is 11.5 Å². The van der Waals surface area contributed by atoms with Gasteiger partial charge >= 0.3 is 0 Å². The molecule has 0 amide bonds. The van der Waals surface area contributed by atoms with E-state index in [0.717, 1.165) is 54.3 Å². The average Bonchev–Trinajstić information content (AvgIpc) is 3.15. The predicted octanol–water partition coefficient (Wildman–Crippen LogP) is 3.54. The van der Waals surface area contributed by atoms with Crippen molar-refractivity contribution >= 4 is 16.7 Å². The van der Waals surface area contributed by atoms with Crippen LogP contribution in [0.2, 0.25) is 0 Å². The zero-order valence-electron chi connectivity index (χ0n) is 14.3. The van der Waals surface area contributed by atoms with Gasteiger partial charge in [0.15, 0.2) is 0 Å². The van der Waals surface area contributed by atoms with Gasteiger partial charge in [-0.05, 0) is 48.9 Å². The van der Waals surface area contributed by atoms with Gasteiger partial charge in [0.05, 0.1) is 19.2 Å². The highest BCUT2D eigenvalue weighted by atomic mass is 16.5. The van der Waals surface area contributed by atoms with E-state index in [9.17, 15) is 0 Å². The van der Waals surface area contributed by atoms with Crippen molar-refractivity contribution in [2.24, 2.45) is 5.92 Å². The third-order valence-corrected chi connectivity index (χ3v) is 4.63. The van der Waals surface area contributed by atoms with Crippen LogP contribution in [0.1, 0.15) is 6.42 Å². The van der Waals surface area contributed by atoms with E-state index in [-0.39, 0.29) is 0 Å². The maximum atomic E-state index is 5.87. The Morgan fingerprint density at radius 3 is 2.80 bits per heavy atom. The van der Waals surface area contributed by atoms with Crippen LogP contribution in [-0.4, -0.2) is 36.8 Å². The third-order valence-electron chi connectivity index (χ3n) is 4.63. The molecule has 5 nitrogen and oxygen atoms in total. The van der Waals surface area contributed by atoms with Crippen LogP contribution in [0.3, 0.4) is 0 Å².